The quantitative estimate of drug-likeness (QED) is 0.0584. The Morgan fingerprint density at radius 3 is 2.12 bits per heavy atom. The number of ketones is 1. The third-order valence-corrected chi connectivity index (χ3v) is 13.8. The van der Waals surface area contributed by atoms with E-state index in [0.29, 0.717) is 5.92 Å². The van der Waals surface area contributed by atoms with Crippen LogP contribution in [-0.2, 0) is 36.7 Å². The van der Waals surface area contributed by atoms with Gasteiger partial charge in [-0.3, -0.25) is 9.78 Å². The van der Waals surface area contributed by atoms with Crippen LogP contribution in [0.15, 0.2) is 59.3 Å². The zero-order valence-electron chi connectivity index (χ0n) is 33.2. The maximum absolute atomic E-state index is 12.2. The second-order valence-electron chi connectivity index (χ2n) is 15.7. The summed E-state index contributed by atoms with van der Waals surface area (Å²) in [7, 11) is 0. The number of nitrogens with zero attached hydrogens (tertiary/aromatic N) is 2. The molecule has 3 aromatic heterocycles. The van der Waals surface area contributed by atoms with Crippen LogP contribution in [0, 0.1) is 29.7 Å². The largest absolute Gasteiger partial charge is 0.512 e. The van der Waals surface area contributed by atoms with Crippen molar-refractivity contribution >= 4 is 70.6 Å². The number of hydrogen-bond donors (Lipinski definition) is 1. The van der Waals surface area contributed by atoms with E-state index in [1.54, 1.807) is 29.4 Å². The maximum Gasteiger partial charge on any atom is 0.164 e. The minimum absolute atomic E-state index is 0. The van der Waals surface area contributed by atoms with Crippen molar-refractivity contribution in [1.29, 1.82) is 0 Å². The van der Waals surface area contributed by atoms with Crippen LogP contribution in [0.2, 0.25) is 0 Å². The summed E-state index contributed by atoms with van der Waals surface area (Å²) < 4.78 is 3.78. The van der Waals surface area contributed by atoms with Crippen LogP contribution in [0.3, 0.4) is 0 Å². The summed E-state index contributed by atoms with van der Waals surface area (Å²) in [6.45, 7) is 29.6. The Morgan fingerprint density at radius 2 is 1.56 bits per heavy atom. The van der Waals surface area contributed by atoms with Gasteiger partial charge in [0.15, 0.2) is 5.78 Å². The number of hydrogen-bond acceptors (Lipinski definition) is 7. The summed E-state index contributed by atoms with van der Waals surface area (Å²) in [4.78, 5) is 24.3. The molecule has 0 saturated carbocycles. The van der Waals surface area contributed by atoms with Gasteiger partial charge >= 0.3 is 0 Å². The van der Waals surface area contributed by atoms with Crippen LogP contribution < -0.4 is 0 Å². The number of aryl methyl sites for hydroxylation is 1. The molecule has 0 fully saturated rings. The Balaban J connectivity index is 0.000000347. The normalized spacial score (nSPS) is 12.7. The molecule has 0 atom stereocenters. The fraction of sp³-hybridized carbons (Fsp3) is 0.477. The molecule has 0 aliphatic rings. The molecule has 1 radical (unpaired) electrons. The van der Waals surface area contributed by atoms with Gasteiger partial charge in [-0.05, 0) is 78.9 Å². The molecule has 0 aliphatic carbocycles. The van der Waals surface area contributed by atoms with Crippen molar-refractivity contribution in [3.8, 4) is 11.3 Å². The Labute approximate surface area is 338 Å². The number of aromatic nitrogens is 2. The van der Waals surface area contributed by atoms with Crippen molar-refractivity contribution in [2.45, 2.75) is 125 Å². The van der Waals surface area contributed by atoms with Crippen LogP contribution in [0.4, 0.5) is 0 Å². The van der Waals surface area contributed by atoms with Gasteiger partial charge in [0.05, 0.1) is 5.52 Å². The van der Waals surface area contributed by atoms with Gasteiger partial charge in [-0.2, -0.15) is 11.8 Å². The molecule has 0 saturated heterocycles. The van der Waals surface area contributed by atoms with Crippen molar-refractivity contribution in [2.75, 3.05) is 0 Å². The predicted molar refractivity (Wildman–Crippen MR) is 226 cm³/mol. The van der Waals surface area contributed by atoms with E-state index in [2.05, 4.69) is 78.5 Å². The molecular formula is C44H57IrN2O2S3-. The summed E-state index contributed by atoms with van der Waals surface area (Å²) in [5.41, 5.74) is 5.22. The number of carbonyl (C=O) groups is 1. The number of rotatable bonds is 12. The fourth-order valence-electron chi connectivity index (χ4n) is 6.26. The molecule has 5 aromatic rings. The summed E-state index contributed by atoms with van der Waals surface area (Å²) >= 11 is 5.36. The first-order valence-electron chi connectivity index (χ1n) is 18.4. The second kappa shape index (κ2) is 17.9. The third kappa shape index (κ3) is 9.29. The Bertz CT molecular complexity index is 2060. The number of fused-ring (bicyclic) bond motifs is 4. The number of aliphatic hydroxyl groups excluding tert-OH is 1. The smallest absolute Gasteiger partial charge is 0.164 e. The SMILES string of the molecule is C=CSc1c[c-]c(-c2ncnc3c2sc2cc4sc(C)c(CC(C)C)c4cc23)cc1C(C)(C)C.CCC(C)(CC)C(=O)/C=C(\O)C(C)(CC)CC.[Ir]. The molecule has 0 aliphatic heterocycles. The van der Waals surface area contributed by atoms with Crippen LogP contribution in [0.25, 0.3) is 41.6 Å². The molecule has 0 spiro atoms. The molecule has 8 heteroatoms. The molecule has 2 aromatic carbocycles. The van der Waals surface area contributed by atoms with Gasteiger partial charge in [-0.1, -0.05) is 87.6 Å². The summed E-state index contributed by atoms with van der Waals surface area (Å²) in [5, 5.41) is 14.6. The van der Waals surface area contributed by atoms with Crippen LogP contribution in [0.1, 0.15) is 118 Å². The molecule has 0 unspecified atom stereocenters. The Hall–Kier alpha value is -2.35. The van der Waals surface area contributed by atoms with Gasteiger partial charge in [-0.15, -0.1) is 52.0 Å². The first-order valence-corrected chi connectivity index (χ1v) is 20.9. The number of carbonyl (C=O) groups excluding carboxylic acids is 1. The van der Waals surface area contributed by atoms with E-state index in [1.807, 2.05) is 58.3 Å². The molecule has 0 amide bonds. The van der Waals surface area contributed by atoms with E-state index in [1.165, 1.54) is 47.1 Å². The Morgan fingerprint density at radius 1 is 0.942 bits per heavy atom. The maximum atomic E-state index is 12.2. The van der Waals surface area contributed by atoms with E-state index in [0.717, 1.165) is 53.6 Å². The number of benzene rings is 2. The molecule has 3 heterocycles. The van der Waals surface area contributed by atoms with Crippen molar-refractivity contribution in [3.05, 3.63) is 76.5 Å². The molecule has 283 valence electrons. The van der Waals surface area contributed by atoms with Crippen molar-refractivity contribution in [2.24, 2.45) is 16.7 Å². The fourth-order valence-corrected chi connectivity index (χ4v) is 9.43. The van der Waals surface area contributed by atoms with Gasteiger partial charge < -0.3 is 5.11 Å². The minimum atomic E-state index is -0.337. The molecule has 0 bridgehead atoms. The summed E-state index contributed by atoms with van der Waals surface area (Å²) in [6.07, 6.45) is 7.57. The molecule has 1 N–H and O–H groups in total. The molecule has 5 rings (SSSR count). The predicted octanol–water partition coefficient (Wildman–Crippen LogP) is 14.2. The van der Waals surface area contributed by atoms with Crippen molar-refractivity contribution in [3.63, 3.8) is 0 Å². The monoisotopic (exact) mass is 934 g/mol. The van der Waals surface area contributed by atoms with Gasteiger partial charge in [0.1, 0.15) is 12.1 Å². The van der Waals surface area contributed by atoms with E-state index < -0.39 is 0 Å². The van der Waals surface area contributed by atoms with Crippen LogP contribution in [0.5, 0.6) is 0 Å². The van der Waals surface area contributed by atoms with Gasteiger partial charge in [-0.25, -0.2) is 4.98 Å². The third-order valence-electron chi connectivity index (χ3n) is 10.8. The molecule has 4 nitrogen and oxygen atoms in total. The van der Waals surface area contributed by atoms with E-state index in [-0.39, 0.29) is 47.9 Å². The summed E-state index contributed by atoms with van der Waals surface area (Å²) in [6, 6.07) is 12.6. The average Bonchev–Trinajstić information content (AvgIpc) is 3.61. The van der Waals surface area contributed by atoms with Gasteiger partial charge in [0.25, 0.3) is 0 Å². The number of thioether (sulfide) groups is 1. The Kier molecular flexibility index (Phi) is 15.1. The zero-order chi connectivity index (χ0) is 37.9. The topological polar surface area (TPSA) is 63.1 Å². The van der Waals surface area contributed by atoms with Crippen LogP contribution in [-0.4, -0.2) is 20.9 Å². The van der Waals surface area contributed by atoms with E-state index in [9.17, 15) is 9.90 Å². The second-order valence-corrected chi connectivity index (χ2v) is 19.0. The van der Waals surface area contributed by atoms with Gasteiger partial charge in [0.2, 0.25) is 0 Å². The molecule has 52 heavy (non-hydrogen) atoms. The van der Waals surface area contributed by atoms with Gasteiger partial charge in [0, 0.05) is 67.1 Å². The van der Waals surface area contributed by atoms with E-state index >= 15 is 0 Å². The number of allylic oxidation sites excluding steroid dienone is 2. The molecular weight excluding hydrogens is 877 g/mol. The van der Waals surface area contributed by atoms with Crippen molar-refractivity contribution in [1.82, 2.24) is 9.97 Å². The first kappa shape index (κ1) is 44.0. The number of thiophene rings is 2. The summed E-state index contributed by atoms with van der Waals surface area (Å²) in [5.74, 6) is 0.920. The van der Waals surface area contributed by atoms with Crippen molar-refractivity contribution < 1.29 is 30.0 Å². The zero-order valence-corrected chi connectivity index (χ0v) is 38.0. The van der Waals surface area contributed by atoms with Crippen LogP contribution >= 0.6 is 34.4 Å². The standard InChI is InChI=1S/C29H29N2S3.C15H28O2.Ir/c1-8-32-23-10-9-18(12-22(23)29(5,6)7)26-28-27(31-15-30-26)21-13-20-19(11-16(2)3)17(4)33-24(20)14-25(21)34-28;1-7-14(5,8-2)12(16)11-13(17)15(6,9-3)10-4;/h8,10,12-16H,1,11H2,2-7H3;11,16H,7-10H2,1-6H3;/q-1;;/b;12-11-;. The first-order chi connectivity index (χ1) is 24.0. The number of aliphatic hydroxyl groups is 1. The van der Waals surface area contributed by atoms with E-state index in [4.69, 9.17) is 9.97 Å². The average molecular weight is 934 g/mol. The minimum Gasteiger partial charge on any atom is -0.512 e.